The Balaban J connectivity index is 2.49. The molecule has 0 aliphatic heterocycles. The van der Waals surface area contributed by atoms with Crippen LogP contribution in [0, 0.1) is 23.0 Å². The molecule has 0 amide bonds. The van der Waals surface area contributed by atoms with Crippen molar-refractivity contribution < 1.29 is 13.5 Å². The van der Waals surface area contributed by atoms with Crippen LogP contribution in [0.25, 0.3) is 22.0 Å². The van der Waals surface area contributed by atoms with E-state index in [0.29, 0.717) is 0 Å². The molecule has 0 fully saturated rings. The summed E-state index contributed by atoms with van der Waals surface area (Å²) >= 11 is 5.65. The monoisotopic (exact) mass is 346 g/mol. The van der Waals surface area contributed by atoms with Crippen molar-refractivity contribution in [2.45, 2.75) is 0 Å². The molecule has 0 atom stereocenters. The number of nitrogens with two attached hydrogens (primary N) is 1. The lowest BCUT2D eigenvalue weighted by atomic mass is 9.98. The summed E-state index contributed by atoms with van der Waals surface area (Å²) in [4.78, 5) is 7.99. The van der Waals surface area contributed by atoms with Crippen LogP contribution in [-0.4, -0.2) is 17.1 Å². The first-order valence-corrected chi connectivity index (χ1v) is 7.02. The van der Waals surface area contributed by atoms with Gasteiger partial charge in [0, 0.05) is 11.1 Å². The number of hydrogen-bond acceptors (Lipinski definition) is 5. The van der Waals surface area contributed by atoms with E-state index in [4.69, 9.17) is 22.1 Å². The van der Waals surface area contributed by atoms with Crippen LogP contribution in [0.5, 0.6) is 5.75 Å². The molecule has 3 aromatic rings. The maximum atomic E-state index is 14.4. The van der Waals surface area contributed by atoms with E-state index in [0.717, 1.165) is 6.07 Å². The summed E-state index contributed by atoms with van der Waals surface area (Å²) in [6.45, 7) is 0. The van der Waals surface area contributed by atoms with Gasteiger partial charge in [0.1, 0.15) is 34.8 Å². The summed E-state index contributed by atoms with van der Waals surface area (Å²) < 4.78 is 33.1. The zero-order valence-electron chi connectivity index (χ0n) is 12.3. The third-order valence-corrected chi connectivity index (χ3v) is 3.89. The van der Waals surface area contributed by atoms with E-state index in [1.165, 1.54) is 25.6 Å². The largest absolute Gasteiger partial charge is 0.495 e. The molecule has 1 aromatic heterocycles. The fraction of sp³-hybridized carbons (Fsp3) is 0.0625. The number of fused-ring (bicyclic) bond motifs is 1. The van der Waals surface area contributed by atoms with Crippen LogP contribution < -0.4 is 10.5 Å². The number of nitrogens with zero attached hydrogens (tertiary/aromatic N) is 3. The number of aromatic nitrogens is 2. The Labute approximate surface area is 140 Å². The SMILES string of the molecule is COc1c(C#N)cc(-c2ccc(F)c(Cl)c2F)c2ncnc(N)c12. The van der Waals surface area contributed by atoms with Crippen LogP contribution in [0.3, 0.4) is 0 Å². The van der Waals surface area contributed by atoms with Gasteiger partial charge in [0.2, 0.25) is 0 Å². The predicted octanol–water partition coefficient (Wildman–Crippen LogP) is 3.69. The van der Waals surface area contributed by atoms with E-state index in [9.17, 15) is 14.0 Å². The molecule has 1 heterocycles. The molecule has 0 bridgehead atoms. The van der Waals surface area contributed by atoms with E-state index in [-0.39, 0.29) is 39.2 Å². The highest BCUT2D eigenvalue weighted by Crippen LogP contribution is 2.40. The molecule has 120 valence electrons. The van der Waals surface area contributed by atoms with Crippen molar-refractivity contribution in [3.63, 3.8) is 0 Å². The highest BCUT2D eigenvalue weighted by molar-refractivity contribution is 6.31. The third-order valence-electron chi connectivity index (χ3n) is 3.54. The standard InChI is InChI=1S/C16H9ClF2N4O/c1-24-15-7(5-20)4-9(14-11(15)16(21)23-6-22-14)8-2-3-10(18)12(17)13(8)19/h2-4,6H,1H3,(H2,21,22,23). The summed E-state index contributed by atoms with van der Waals surface area (Å²) in [6, 6.07) is 5.60. The second-order valence-corrected chi connectivity index (χ2v) is 5.20. The fourth-order valence-electron chi connectivity index (χ4n) is 2.47. The summed E-state index contributed by atoms with van der Waals surface area (Å²) in [5, 5.41) is 8.98. The molecule has 2 N–H and O–H groups in total. The molecular weight excluding hydrogens is 338 g/mol. The Morgan fingerprint density at radius 2 is 2.00 bits per heavy atom. The van der Waals surface area contributed by atoms with Gasteiger partial charge in [-0.1, -0.05) is 11.6 Å². The molecular formula is C16H9ClF2N4O. The number of rotatable bonds is 2. The number of anilines is 1. The van der Waals surface area contributed by atoms with Crippen LogP contribution in [0.15, 0.2) is 24.5 Å². The lowest BCUT2D eigenvalue weighted by Gasteiger charge is -2.14. The number of halogens is 3. The molecule has 0 saturated heterocycles. The van der Waals surface area contributed by atoms with Crippen molar-refractivity contribution in [1.29, 1.82) is 5.26 Å². The maximum absolute atomic E-state index is 14.4. The Kier molecular flexibility index (Phi) is 3.91. The zero-order valence-corrected chi connectivity index (χ0v) is 13.0. The van der Waals surface area contributed by atoms with Gasteiger partial charge < -0.3 is 10.5 Å². The van der Waals surface area contributed by atoms with Gasteiger partial charge >= 0.3 is 0 Å². The summed E-state index contributed by atoms with van der Waals surface area (Å²) in [5.74, 6) is -1.58. The van der Waals surface area contributed by atoms with Crippen molar-refractivity contribution in [1.82, 2.24) is 9.97 Å². The van der Waals surface area contributed by atoms with Crippen molar-refractivity contribution in [3.05, 3.63) is 46.7 Å². The molecule has 0 aliphatic rings. The highest BCUT2D eigenvalue weighted by Gasteiger charge is 2.21. The van der Waals surface area contributed by atoms with Crippen LogP contribution in [-0.2, 0) is 0 Å². The van der Waals surface area contributed by atoms with Gasteiger partial charge in [-0.2, -0.15) is 5.26 Å². The van der Waals surface area contributed by atoms with Crippen molar-refractivity contribution in [3.8, 4) is 22.9 Å². The molecule has 3 rings (SSSR count). The van der Waals surface area contributed by atoms with E-state index in [2.05, 4.69) is 9.97 Å². The maximum Gasteiger partial charge on any atom is 0.152 e. The summed E-state index contributed by atoms with van der Waals surface area (Å²) in [7, 11) is 1.37. The first kappa shape index (κ1) is 15.9. The summed E-state index contributed by atoms with van der Waals surface area (Å²) in [5.41, 5.74) is 6.47. The van der Waals surface area contributed by atoms with E-state index in [1.54, 1.807) is 0 Å². The van der Waals surface area contributed by atoms with Crippen LogP contribution >= 0.6 is 11.6 Å². The van der Waals surface area contributed by atoms with Crippen molar-refractivity contribution in [2.75, 3.05) is 12.8 Å². The van der Waals surface area contributed by atoms with Gasteiger partial charge in [0.15, 0.2) is 5.82 Å². The fourth-order valence-corrected chi connectivity index (χ4v) is 2.64. The average molecular weight is 347 g/mol. The van der Waals surface area contributed by atoms with Crippen LogP contribution in [0.2, 0.25) is 5.02 Å². The zero-order chi connectivity index (χ0) is 17.4. The molecule has 0 unspecified atom stereocenters. The Bertz CT molecular complexity index is 1020. The van der Waals surface area contributed by atoms with Gasteiger partial charge in [-0.05, 0) is 18.2 Å². The van der Waals surface area contributed by atoms with Gasteiger partial charge in [-0.15, -0.1) is 0 Å². The normalized spacial score (nSPS) is 10.6. The minimum atomic E-state index is -0.954. The number of benzene rings is 2. The molecule has 24 heavy (non-hydrogen) atoms. The molecule has 5 nitrogen and oxygen atoms in total. The Hall–Kier alpha value is -2.98. The number of methoxy groups -OCH3 is 1. The van der Waals surface area contributed by atoms with Gasteiger partial charge in [-0.3, -0.25) is 0 Å². The highest BCUT2D eigenvalue weighted by atomic mass is 35.5. The van der Waals surface area contributed by atoms with Crippen molar-refractivity contribution in [2.24, 2.45) is 0 Å². The topological polar surface area (TPSA) is 84.8 Å². The minimum Gasteiger partial charge on any atom is -0.495 e. The molecule has 2 aromatic carbocycles. The molecule has 0 spiro atoms. The number of ether oxygens (including phenoxy) is 1. The van der Waals surface area contributed by atoms with Gasteiger partial charge in [0.25, 0.3) is 0 Å². The Morgan fingerprint density at radius 1 is 1.25 bits per heavy atom. The van der Waals surface area contributed by atoms with E-state index < -0.39 is 16.7 Å². The van der Waals surface area contributed by atoms with Crippen LogP contribution in [0.4, 0.5) is 14.6 Å². The number of nitrogen functional groups attached to an aromatic ring is 1. The number of hydrogen-bond donors (Lipinski definition) is 1. The van der Waals surface area contributed by atoms with Gasteiger partial charge in [-0.25, -0.2) is 18.7 Å². The molecule has 0 saturated carbocycles. The average Bonchev–Trinajstić information content (AvgIpc) is 2.59. The third kappa shape index (κ3) is 2.28. The molecule has 0 aliphatic carbocycles. The van der Waals surface area contributed by atoms with Gasteiger partial charge in [0.05, 0.1) is 23.6 Å². The first-order chi connectivity index (χ1) is 11.5. The molecule has 0 radical (unpaired) electrons. The second kappa shape index (κ2) is 5.91. The predicted molar refractivity (Wildman–Crippen MR) is 85.6 cm³/mol. The minimum absolute atomic E-state index is 0.0105. The smallest absolute Gasteiger partial charge is 0.152 e. The van der Waals surface area contributed by atoms with Crippen molar-refractivity contribution >= 4 is 28.3 Å². The lowest BCUT2D eigenvalue weighted by molar-refractivity contribution is 0.418. The molecule has 8 heteroatoms. The lowest BCUT2D eigenvalue weighted by Crippen LogP contribution is -2.01. The Morgan fingerprint density at radius 3 is 2.67 bits per heavy atom. The number of nitriles is 1. The first-order valence-electron chi connectivity index (χ1n) is 6.64. The van der Waals surface area contributed by atoms with E-state index in [1.807, 2.05) is 6.07 Å². The van der Waals surface area contributed by atoms with E-state index >= 15 is 0 Å². The summed E-state index contributed by atoms with van der Waals surface area (Å²) in [6.07, 6.45) is 1.20. The van der Waals surface area contributed by atoms with Crippen LogP contribution in [0.1, 0.15) is 5.56 Å². The quantitative estimate of drug-likeness (QED) is 0.715. The second-order valence-electron chi connectivity index (χ2n) is 4.82.